The first-order valence-corrected chi connectivity index (χ1v) is 11.5. The van der Waals surface area contributed by atoms with Gasteiger partial charge < -0.3 is 19.5 Å². The van der Waals surface area contributed by atoms with Crippen molar-refractivity contribution in [2.45, 2.75) is 32.0 Å². The monoisotopic (exact) mass is 454 g/mol. The maximum Gasteiger partial charge on any atom is 0.174 e. The van der Waals surface area contributed by atoms with Crippen LogP contribution in [0.4, 0.5) is 5.69 Å². The van der Waals surface area contributed by atoms with Crippen LogP contribution in [-0.2, 0) is 0 Å². The summed E-state index contributed by atoms with van der Waals surface area (Å²) in [6.07, 6.45) is 4.05. The van der Waals surface area contributed by atoms with Gasteiger partial charge in [0.1, 0.15) is 11.8 Å². The van der Waals surface area contributed by atoms with Gasteiger partial charge in [-0.25, -0.2) is 0 Å². The van der Waals surface area contributed by atoms with Gasteiger partial charge in [0.25, 0.3) is 0 Å². The van der Waals surface area contributed by atoms with E-state index in [-0.39, 0.29) is 18.2 Å². The van der Waals surface area contributed by atoms with Crippen molar-refractivity contribution in [2.24, 2.45) is 0 Å². The number of hydrogen-bond donors (Lipinski definition) is 1. The van der Waals surface area contributed by atoms with Gasteiger partial charge in [0.15, 0.2) is 5.11 Å². The Morgan fingerprint density at radius 1 is 0.879 bits per heavy atom. The van der Waals surface area contributed by atoms with Gasteiger partial charge in [-0.3, -0.25) is 4.98 Å². The summed E-state index contributed by atoms with van der Waals surface area (Å²) in [5.41, 5.74) is 4.20. The van der Waals surface area contributed by atoms with Crippen molar-refractivity contribution < 1.29 is 4.74 Å². The number of nitrogens with zero attached hydrogens (tertiary/aromatic N) is 3. The van der Waals surface area contributed by atoms with Crippen LogP contribution >= 0.6 is 12.2 Å². The van der Waals surface area contributed by atoms with Gasteiger partial charge in [-0.1, -0.05) is 24.3 Å². The topological polar surface area (TPSA) is 42.3 Å². The number of aromatic nitrogens is 2. The number of hydrogen-bond acceptors (Lipinski definition) is 3. The van der Waals surface area contributed by atoms with Gasteiger partial charge in [-0.05, 0) is 86.7 Å². The Balaban J connectivity index is 1.60. The summed E-state index contributed by atoms with van der Waals surface area (Å²) < 4.78 is 8.07. The van der Waals surface area contributed by atoms with Crippen molar-refractivity contribution in [3.05, 3.63) is 109 Å². The predicted octanol–water partition coefficient (Wildman–Crippen LogP) is 5.84. The smallest absolute Gasteiger partial charge is 0.174 e. The minimum atomic E-state index is -0.0948. The van der Waals surface area contributed by atoms with E-state index in [9.17, 15) is 0 Å². The molecule has 5 rings (SSSR count). The minimum Gasteiger partial charge on any atom is -0.491 e. The summed E-state index contributed by atoms with van der Waals surface area (Å²) in [5, 5.41) is 4.21. The molecule has 1 fully saturated rings. The molecule has 1 aliphatic heterocycles. The SMILES string of the molecule is CC(C)Oc1ccc(N2C(=S)N[C@H](c3ccccn3)[C@H]2c2cccn2-c2ccccc2)cc1. The van der Waals surface area contributed by atoms with Crippen molar-refractivity contribution in [3.8, 4) is 11.4 Å². The highest BCUT2D eigenvalue weighted by Gasteiger charge is 2.42. The highest BCUT2D eigenvalue weighted by atomic mass is 32.1. The summed E-state index contributed by atoms with van der Waals surface area (Å²) in [7, 11) is 0. The molecule has 3 heterocycles. The highest BCUT2D eigenvalue weighted by molar-refractivity contribution is 7.80. The van der Waals surface area contributed by atoms with E-state index in [1.165, 1.54) is 0 Å². The summed E-state index contributed by atoms with van der Waals surface area (Å²) in [6, 6.07) is 28.6. The average molecular weight is 455 g/mol. The van der Waals surface area contributed by atoms with Crippen LogP contribution in [0.1, 0.15) is 37.3 Å². The van der Waals surface area contributed by atoms with E-state index in [2.05, 4.69) is 74.5 Å². The molecule has 0 amide bonds. The molecule has 1 N–H and O–H groups in total. The molecular weight excluding hydrogens is 428 g/mol. The molecule has 2 aromatic heterocycles. The molecule has 166 valence electrons. The molecule has 1 aliphatic rings. The third-order valence-corrected chi connectivity index (χ3v) is 6.02. The quantitative estimate of drug-likeness (QED) is 0.371. The molecule has 1 saturated heterocycles. The number of pyridine rings is 1. The maximum absolute atomic E-state index is 5.86. The van der Waals surface area contributed by atoms with Crippen molar-refractivity contribution in [1.29, 1.82) is 0 Å². The molecule has 5 nitrogen and oxygen atoms in total. The van der Waals surface area contributed by atoms with Crippen LogP contribution in [0.15, 0.2) is 97.3 Å². The van der Waals surface area contributed by atoms with Crippen LogP contribution in [0.25, 0.3) is 5.69 Å². The zero-order valence-corrected chi connectivity index (χ0v) is 19.4. The fourth-order valence-electron chi connectivity index (χ4n) is 4.35. The molecule has 0 saturated carbocycles. The van der Waals surface area contributed by atoms with Crippen LogP contribution in [0.3, 0.4) is 0 Å². The van der Waals surface area contributed by atoms with Crippen LogP contribution in [0.5, 0.6) is 5.75 Å². The molecule has 0 unspecified atom stereocenters. The second-order valence-corrected chi connectivity index (χ2v) is 8.68. The average Bonchev–Trinajstić information content (AvgIpc) is 3.45. The van der Waals surface area contributed by atoms with Crippen LogP contribution in [0, 0.1) is 0 Å². The number of ether oxygens (including phenoxy) is 1. The zero-order valence-electron chi connectivity index (χ0n) is 18.6. The fourth-order valence-corrected chi connectivity index (χ4v) is 4.70. The lowest BCUT2D eigenvalue weighted by molar-refractivity contribution is 0.242. The molecule has 4 aromatic rings. The van der Waals surface area contributed by atoms with Gasteiger partial charge in [-0.15, -0.1) is 0 Å². The van der Waals surface area contributed by atoms with Crippen LogP contribution < -0.4 is 15.0 Å². The standard InChI is InChI=1S/C27H26N4OS/c1-19(2)32-22-15-13-21(14-16-22)31-26(25(29-27(31)33)23-11-6-7-17-28-23)24-12-8-18-30(24)20-9-4-3-5-10-20/h3-19,25-26H,1-2H3,(H,29,33)/t25-,26-/m1/s1. The van der Waals surface area contributed by atoms with Gasteiger partial charge in [0.05, 0.1) is 17.8 Å². The number of benzene rings is 2. The van der Waals surface area contributed by atoms with Crippen LogP contribution in [-0.4, -0.2) is 20.8 Å². The Morgan fingerprint density at radius 2 is 1.64 bits per heavy atom. The third-order valence-electron chi connectivity index (χ3n) is 5.70. The van der Waals surface area contributed by atoms with E-state index >= 15 is 0 Å². The Bertz CT molecular complexity index is 1220. The normalized spacial score (nSPS) is 17.9. The van der Waals surface area contributed by atoms with Gasteiger partial charge in [0, 0.05) is 29.5 Å². The molecule has 0 spiro atoms. The van der Waals surface area contributed by atoms with Crippen molar-refractivity contribution in [2.75, 3.05) is 4.90 Å². The van der Waals surface area contributed by atoms with Crippen LogP contribution in [0.2, 0.25) is 0 Å². The van der Waals surface area contributed by atoms with Crippen molar-refractivity contribution in [1.82, 2.24) is 14.9 Å². The Hall–Kier alpha value is -3.64. The molecule has 33 heavy (non-hydrogen) atoms. The highest BCUT2D eigenvalue weighted by Crippen LogP contribution is 2.42. The predicted molar refractivity (Wildman–Crippen MR) is 136 cm³/mol. The molecule has 2 atom stereocenters. The largest absolute Gasteiger partial charge is 0.491 e. The van der Waals surface area contributed by atoms with Gasteiger partial charge >= 0.3 is 0 Å². The summed E-state index contributed by atoms with van der Waals surface area (Å²) >= 11 is 5.86. The first kappa shape index (κ1) is 21.2. The first-order valence-electron chi connectivity index (χ1n) is 11.1. The number of rotatable bonds is 6. The molecule has 2 aromatic carbocycles. The van der Waals surface area contributed by atoms with Gasteiger partial charge in [-0.2, -0.15) is 0 Å². The van der Waals surface area contributed by atoms with E-state index in [0.717, 1.165) is 28.5 Å². The lowest BCUT2D eigenvalue weighted by Crippen LogP contribution is -2.30. The second-order valence-electron chi connectivity index (χ2n) is 8.30. The van der Waals surface area contributed by atoms with E-state index in [1.807, 2.05) is 56.4 Å². The number of para-hydroxylation sites is 1. The molecule has 6 heteroatoms. The Kier molecular flexibility index (Phi) is 5.84. The van der Waals surface area contributed by atoms with Crippen molar-refractivity contribution in [3.63, 3.8) is 0 Å². The Labute approximate surface area is 199 Å². The fraction of sp³-hybridized carbons (Fsp3) is 0.185. The maximum atomic E-state index is 5.86. The summed E-state index contributed by atoms with van der Waals surface area (Å²) in [4.78, 5) is 6.84. The number of anilines is 1. The van der Waals surface area contributed by atoms with E-state index < -0.39 is 0 Å². The lowest BCUT2D eigenvalue weighted by atomic mass is 10.0. The van der Waals surface area contributed by atoms with Crippen molar-refractivity contribution >= 4 is 23.0 Å². The minimum absolute atomic E-state index is 0.0838. The zero-order chi connectivity index (χ0) is 22.8. The van der Waals surface area contributed by atoms with E-state index in [1.54, 1.807) is 0 Å². The second kappa shape index (κ2) is 9.08. The third kappa shape index (κ3) is 4.22. The summed E-state index contributed by atoms with van der Waals surface area (Å²) in [5.74, 6) is 0.845. The van der Waals surface area contributed by atoms with Gasteiger partial charge in [0.2, 0.25) is 0 Å². The first-order chi connectivity index (χ1) is 16.1. The van der Waals surface area contributed by atoms with E-state index in [4.69, 9.17) is 17.0 Å². The number of thiocarbonyl (C=S) groups is 1. The molecular formula is C27H26N4OS. The summed E-state index contributed by atoms with van der Waals surface area (Å²) in [6.45, 7) is 4.05. The molecule has 0 aliphatic carbocycles. The lowest BCUT2D eigenvalue weighted by Gasteiger charge is -2.29. The Morgan fingerprint density at radius 3 is 2.33 bits per heavy atom. The molecule has 0 radical (unpaired) electrons. The van der Waals surface area contributed by atoms with E-state index in [0.29, 0.717) is 5.11 Å². The molecule has 0 bridgehead atoms. The number of nitrogens with one attached hydrogen (secondary N) is 1.